The molecular weight excluding hydrogens is 228 g/mol. The Labute approximate surface area is 107 Å². The highest BCUT2D eigenvalue weighted by Crippen LogP contribution is 2.34. The fourth-order valence-electron chi connectivity index (χ4n) is 2.85. The lowest BCUT2D eigenvalue weighted by molar-refractivity contribution is -0.141. The smallest absolute Gasteiger partial charge is 0.306 e. The molecule has 1 saturated carbocycles. The topological polar surface area (TPSA) is 54.4 Å². The fourth-order valence-corrected chi connectivity index (χ4v) is 2.85. The Morgan fingerprint density at radius 1 is 1.11 bits per heavy atom. The molecule has 0 amide bonds. The van der Waals surface area contributed by atoms with Gasteiger partial charge in [0.1, 0.15) is 0 Å². The van der Waals surface area contributed by atoms with Crippen molar-refractivity contribution in [3.05, 3.63) is 34.9 Å². The van der Waals surface area contributed by atoms with E-state index in [1.807, 2.05) is 32.0 Å². The van der Waals surface area contributed by atoms with Gasteiger partial charge in [0.15, 0.2) is 5.78 Å². The number of carboxylic acids is 1. The van der Waals surface area contributed by atoms with Gasteiger partial charge in [-0.15, -0.1) is 0 Å². The van der Waals surface area contributed by atoms with Crippen LogP contribution in [0.25, 0.3) is 0 Å². The molecule has 2 atom stereocenters. The minimum Gasteiger partial charge on any atom is -0.481 e. The number of hydrogen-bond donors (Lipinski definition) is 1. The molecule has 0 unspecified atom stereocenters. The fraction of sp³-hybridized carbons (Fsp3) is 0.467. The van der Waals surface area contributed by atoms with Crippen molar-refractivity contribution in [2.24, 2.45) is 11.8 Å². The van der Waals surface area contributed by atoms with Gasteiger partial charge in [0.05, 0.1) is 5.92 Å². The van der Waals surface area contributed by atoms with E-state index in [4.69, 9.17) is 5.11 Å². The van der Waals surface area contributed by atoms with Gasteiger partial charge in [-0.2, -0.15) is 0 Å². The van der Waals surface area contributed by atoms with E-state index in [1.54, 1.807) is 0 Å². The van der Waals surface area contributed by atoms with E-state index in [1.165, 1.54) is 0 Å². The van der Waals surface area contributed by atoms with Crippen molar-refractivity contribution in [3.8, 4) is 0 Å². The number of carbonyl (C=O) groups excluding carboxylic acids is 1. The first-order valence-electron chi connectivity index (χ1n) is 6.34. The molecule has 0 radical (unpaired) electrons. The minimum absolute atomic E-state index is 0.120. The van der Waals surface area contributed by atoms with E-state index in [2.05, 4.69) is 0 Å². The molecule has 0 aromatic heterocycles. The molecule has 1 aliphatic rings. The predicted octanol–water partition coefficient (Wildman–Crippen LogP) is 2.99. The van der Waals surface area contributed by atoms with Crippen LogP contribution in [0, 0.1) is 25.7 Å². The second-order valence-corrected chi connectivity index (χ2v) is 5.18. The molecule has 0 bridgehead atoms. The van der Waals surface area contributed by atoms with E-state index in [0.29, 0.717) is 19.3 Å². The van der Waals surface area contributed by atoms with Gasteiger partial charge in [-0.3, -0.25) is 9.59 Å². The van der Waals surface area contributed by atoms with E-state index < -0.39 is 5.97 Å². The lowest BCUT2D eigenvalue weighted by Gasteiger charge is -2.13. The van der Waals surface area contributed by atoms with Crippen molar-refractivity contribution in [1.29, 1.82) is 0 Å². The van der Waals surface area contributed by atoms with E-state index in [9.17, 15) is 9.59 Å². The van der Waals surface area contributed by atoms with Gasteiger partial charge >= 0.3 is 5.97 Å². The Balaban J connectivity index is 2.21. The minimum atomic E-state index is -0.771. The van der Waals surface area contributed by atoms with Crippen LogP contribution >= 0.6 is 0 Å². The molecular formula is C15H18O3. The van der Waals surface area contributed by atoms with Crippen LogP contribution in [-0.2, 0) is 4.79 Å². The second kappa shape index (κ2) is 4.92. The number of carboxylic acid groups (broad SMARTS) is 1. The Morgan fingerprint density at radius 2 is 1.67 bits per heavy atom. The number of Topliss-reactive ketones (excluding diaryl/α,β-unsaturated/α-hetero) is 1. The molecule has 1 fully saturated rings. The molecule has 1 aromatic carbocycles. The summed E-state index contributed by atoms with van der Waals surface area (Å²) in [4.78, 5) is 23.4. The average Bonchev–Trinajstić information content (AvgIpc) is 2.77. The highest BCUT2D eigenvalue weighted by atomic mass is 16.4. The van der Waals surface area contributed by atoms with Crippen LogP contribution in [0.1, 0.15) is 40.7 Å². The molecule has 3 heteroatoms. The molecule has 3 nitrogen and oxygen atoms in total. The normalized spacial score (nSPS) is 23.0. The third kappa shape index (κ3) is 2.30. The van der Waals surface area contributed by atoms with Gasteiger partial charge < -0.3 is 5.11 Å². The van der Waals surface area contributed by atoms with Gasteiger partial charge in [0.25, 0.3) is 0 Å². The molecule has 0 heterocycles. The maximum Gasteiger partial charge on any atom is 0.306 e. The van der Waals surface area contributed by atoms with Crippen LogP contribution in [0.4, 0.5) is 0 Å². The van der Waals surface area contributed by atoms with Crippen molar-refractivity contribution >= 4 is 11.8 Å². The van der Waals surface area contributed by atoms with Crippen molar-refractivity contribution in [3.63, 3.8) is 0 Å². The summed E-state index contributed by atoms with van der Waals surface area (Å²) in [5, 5.41) is 8.98. The SMILES string of the molecule is Cc1cccc(C)c1C(=O)[C@H]1CC[C@@H](C(=O)O)C1. The van der Waals surface area contributed by atoms with Crippen LogP contribution in [0.3, 0.4) is 0 Å². The van der Waals surface area contributed by atoms with Crippen molar-refractivity contribution in [2.75, 3.05) is 0 Å². The highest BCUT2D eigenvalue weighted by molar-refractivity contribution is 6.00. The summed E-state index contributed by atoms with van der Waals surface area (Å²) in [7, 11) is 0. The quantitative estimate of drug-likeness (QED) is 0.834. The number of benzene rings is 1. The molecule has 1 N–H and O–H groups in total. The largest absolute Gasteiger partial charge is 0.481 e. The molecule has 0 spiro atoms. The summed E-state index contributed by atoms with van der Waals surface area (Å²) in [5.41, 5.74) is 2.76. The zero-order chi connectivity index (χ0) is 13.3. The number of carbonyl (C=O) groups is 2. The van der Waals surface area contributed by atoms with Crippen LogP contribution < -0.4 is 0 Å². The molecule has 18 heavy (non-hydrogen) atoms. The first-order chi connectivity index (χ1) is 8.50. The third-order valence-electron chi connectivity index (χ3n) is 3.88. The van der Waals surface area contributed by atoms with E-state index >= 15 is 0 Å². The number of aryl methyl sites for hydroxylation is 2. The predicted molar refractivity (Wildman–Crippen MR) is 68.7 cm³/mol. The van der Waals surface area contributed by atoms with Crippen LogP contribution in [0.5, 0.6) is 0 Å². The Morgan fingerprint density at radius 3 is 2.17 bits per heavy atom. The standard InChI is InChI=1S/C15H18O3/c1-9-4-3-5-10(2)13(9)14(16)11-6-7-12(8-11)15(17)18/h3-5,11-12H,6-8H2,1-2H3,(H,17,18)/t11-,12+/m0/s1. The first-order valence-corrected chi connectivity index (χ1v) is 6.34. The van der Waals surface area contributed by atoms with Crippen molar-refractivity contribution < 1.29 is 14.7 Å². The number of hydrogen-bond acceptors (Lipinski definition) is 2. The lowest BCUT2D eigenvalue weighted by Crippen LogP contribution is -2.16. The van der Waals surface area contributed by atoms with Crippen molar-refractivity contribution in [1.82, 2.24) is 0 Å². The summed E-state index contributed by atoms with van der Waals surface area (Å²) in [6.07, 6.45) is 1.81. The van der Waals surface area contributed by atoms with Gasteiger partial charge in [-0.1, -0.05) is 18.2 Å². The number of aliphatic carboxylic acids is 1. The summed E-state index contributed by atoms with van der Waals surface area (Å²) < 4.78 is 0. The molecule has 0 saturated heterocycles. The molecule has 0 aliphatic heterocycles. The second-order valence-electron chi connectivity index (χ2n) is 5.18. The average molecular weight is 246 g/mol. The third-order valence-corrected chi connectivity index (χ3v) is 3.88. The molecule has 96 valence electrons. The summed E-state index contributed by atoms with van der Waals surface area (Å²) >= 11 is 0. The Hall–Kier alpha value is -1.64. The maximum atomic E-state index is 12.5. The first kappa shape index (κ1) is 12.8. The van der Waals surface area contributed by atoms with Gasteiger partial charge in [-0.05, 0) is 44.2 Å². The summed E-state index contributed by atoms with van der Waals surface area (Å²) in [6, 6.07) is 5.81. The Kier molecular flexibility index (Phi) is 3.50. The molecule has 1 aliphatic carbocycles. The highest BCUT2D eigenvalue weighted by Gasteiger charge is 2.34. The van der Waals surface area contributed by atoms with Crippen molar-refractivity contribution in [2.45, 2.75) is 33.1 Å². The maximum absolute atomic E-state index is 12.5. The number of ketones is 1. The van der Waals surface area contributed by atoms with Crippen LogP contribution in [0.2, 0.25) is 0 Å². The monoisotopic (exact) mass is 246 g/mol. The molecule has 1 aromatic rings. The van der Waals surface area contributed by atoms with Gasteiger partial charge in [-0.25, -0.2) is 0 Å². The zero-order valence-electron chi connectivity index (χ0n) is 10.8. The molecule has 2 rings (SSSR count). The summed E-state index contributed by atoms with van der Waals surface area (Å²) in [5.74, 6) is -1.12. The van der Waals surface area contributed by atoms with Gasteiger partial charge in [0.2, 0.25) is 0 Å². The number of rotatable bonds is 3. The van der Waals surface area contributed by atoms with Crippen LogP contribution in [-0.4, -0.2) is 16.9 Å². The van der Waals surface area contributed by atoms with E-state index in [-0.39, 0.29) is 17.6 Å². The van der Waals surface area contributed by atoms with Crippen LogP contribution in [0.15, 0.2) is 18.2 Å². The Bertz CT molecular complexity index is 470. The van der Waals surface area contributed by atoms with E-state index in [0.717, 1.165) is 16.7 Å². The lowest BCUT2D eigenvalue weighted by atomic mass is 9.90. The zero-order valence-corrected chi connectivity index (χ0v) is 10.8. The summed E-state index contributed by atoms with van der Waals surface area (Å²) in [6.45, 7) is 3.87. The van der Waals surface area contributed by atoms with Gasteiger partial charge in [0, 0.05) is 11.5 Å².